The summed E-state index contributed by atoms with van der Waals surface area (Å²) in [5.41, 5.74) is 3.45. The van der Waals surface area contributed by atoms with Crippen LogP contribution in [0.5, 0.6) is 0 Å². The summed E-state index contributed by atoms with van der Waals surface area (Å²) in [4.78, 5) is 0. The molecule has 0 spiro atoms. The first-order valence-electron chi connectivity index (χ1n) is 6.93. The molecule has 2 N–H and O–H groups in total. The van der Waals surface area contributed by atoms with Gasteiger partial charge in [0.05, 0.1) is 5.69 Å². The molecule has 96 valence electrons. The molecule has 19 heavy (non-hydrogen) atoms. The molecule has 0 aliphatic heterocycles. The van der Waals surface area contributed by atoms with Crippen molar-refractivity contribution in [2.75, 3.05) is 5.32 Å². The van der Waals surface area contributed by atoms with E-state index in [2.05, 4.69) is 51.9 Å². The SMILES string of the molecule is C1=CC2C(C1)CC2Nc1cccc(-c2ccn[nH]2)c1. The molecule has 0 bridgehead atoms. The van der Waals surface area contributed by atoms with Gasteiger partial charge in [-0.2, -0.15) is 5.10 Å². The second kappa shape index (κ2) is 4.26. The van der Waals surface area contributed by atoms with Crippen molar-refractivity contribution in [1.29, 1.82) is 0 Å². The number of anilines is 1. The van der Waals surface area contributed by atoms with Gasteiger partial charge in [0.1, 0.15) is 0 Å². The molecule has 3 nitrogen and oxygen atoms in total. The van der Waals surface area contributed by atoms with E-state index in [-0.39, 0.29) is 0 Å². The van der Waals surface area contributed by atoms with Crippen molar-refractivity contribution in [2.24, 2.45) is 11.8 Å². The lowest BCUT2D eigenvalue weighted by Gasteiger charge is -2.41. The summed E-state index contributed by atoms with van der Waals surface area (Å²) >= 11 is 0. The Morgan fingerprint density at radius 2 is 2.26 bits per heavy atom. The lowest BCUT2D eigenvalue weighted by Crippen LogP contribution is -2.43. The summed E-state index contributed by atoms with van der Waals surface area (Å²) in [6, 6.07) is 11.2. The molecule has 1 saturated carbocycles. The molecule has 3 heteroatoms. The molecule has 1 fully saturated rings. The zero-order valence-electron chi connectivity index (χ0n) is 10.7. The molecule has 0 amide bonds. The van der Waals surface area contributed by atoms with Gasteiger partial charge < -0.3 is 5.32 Å². The number of aromatic nitrogens is 2. The van der Waals surface area contributed by atoms with E-state index in [0.29, 0.717) is 6.04 Å². The van der Waals surface area contributed by atoms with Crippen LogP contribution in [0.2, 0.25) is 0 Å². The van der Waals surface area contributed by atoms with Crippen LogP contribution in [0, 0.1) is 11.8 Å². The lowest BCUT2D eigenvalue weighted by molar-refractivity contribution is 0.218. The molecule has 2 aliphatic rings. The fraction of sp³-hybridized carbons (Fsp3) is 0.312. The van der Waals surface area contributed by atoms with Crippen molar-refractivity contribution in [3.63, 3.8) is 0 Å². The summed E-state index contributed by atoms with van der Waals surface area (Å²) in [5, 5.41) is 10.7. The predicted octanol–water partition coefficient (Wildman–Crippen LogP) is 3.45. The van der Waals surface area contributed by atoms with Gasteiger partial charge in [-0.05, 0) is 37.0 Å². The quantitative estimate of drug-likeness (QED) is 0.820. The highest BCUT2D eigenvalue weighted by Gasteiger charge is 2.40. The van der Waals surface area contributed by atoms with Crippen LogP contribution in [0.15, 0.2) is 48.7 Å². The second-order valence-corrected chi connectivity index (χ2v) is 5.54. The second-order valence-electron chi connectivity index (χ2n) is 5.54. The number of nitrogens with one attached hydrogen (secondary N) is 2. The fourth-order valence-electron chi connectivity index (χ4n) is 3.29. The van der Waals surface area contributed by atoms with Gasteiger partial charge in [-0.1, -0.05) is 24.3 Å². The van der Waals surface area contributed by atoms with Gasteiger partial charge >= 0.3 is 0 Å². The number of H-pyrrole nitrogens is 1. The molecule has 0 saturated heterocycles. The molecule has 0 radical (unpaired) electrons. The zero-order valence-corrected chi connectivity index (χ0v) is 10.7. The van der Waals surface area contributed by atoms with Crippen LogP contribution in [0.3, 0.4) is 0 Å². The minimum atomic E-state index is 0.612. The maximum atomic E-state index is 4.01. The Morgan fingerprint density at radius 1 is 1.26 bits per heavy atom. The standard InChI is InChI=1S/C16H17N3/c1-4-12(15-7-8-17-19-15)9-13(5-1)18-16-10-11-3-2-6-14(11)16/h1-2,4-9,11,14,16,18H,3,10H2,(H,17,19). The molecule has 1 aromatic carbocycles. The fourth-order valence-corrected chi connectivity index (χ4v) is 3.29. The molecule has 4 rings (SSSR count). The smallest absolute Gasteiger partial charge is 0.0650 e. The number of allylic oxidation sites excluding steroid dienone is 1. The number of rotatable bonds is 3. The maximum absolute atomic E-state index is 4.01. The number of hydrogen-bond donors (Lipinski definition) is 2. The van der Waals surface area contributed by atoms with E-state index in [1.54, 1.807) is 6.20 Å². The minimum absolute atomic E-state index is 0.612. The monoisotopic (exact) mass is 251 g/mol. The molecule has 3 atom stereocenters. The number of fused-ring (bicyclic) bond motifs is 1. The first kappa shape index (κ1) is 10.9. The lowest BCUT2D eigenvalue weighted by atomic mass is 9.71. The average molecular weight is 251 g/mol. The molecule has 2 aromatic rings. The van der Waals surface area contributed by atoms with E-state index in [1.165, 1.54) is 24.1 Å². The number of hydrogen-bond acceptors (Lipinski definition) is 2. The summed E-state index contributed by atoms with van der Waals surface area (Å²) in [6.07, 6.45) is 9.07. The normalized spacial score (nSPS) is 27.9. The van der Waals surface area contributed by atoms with Gasteiger partial charge in [-0.25, -0.2) is 0 Å². The van der Waals surface area contributed by atoms with Crippen LogP contribution in [0.4, 0.5) is 5.69 Å². The first-order valence-corrected chi connectivity index (χ1v) is 6.93. The van der Waals surface area contributed by atoms with Crippen LogP contribution >= 0.6 is 0 Å². The van der Waals surface area contributed by atoms with Gasteiger partial charge in [0.15, 0.2) is 0 Å². The Kier molecular flexibility index (Phi) is 2.44. The Morgan fingerprint density at radius 3 is 3.11 bits per heavy atom. The third kappa shape index (κ3) is 1.86. The Hall–Kier alpha value is -2.03. The average Bonchev–Trinajstić information content (AvgIpc) is 3.06. The third-order valence-corrected chi connectivity index (χ3v) is 4.39. The summed E-state index contributed by atoms with van der Waals surface area (Å²) < 4.78 is 0. The van der Waals surface area contributed by atoms with E-state index < -0.39 is 0 Å². The van der Waals surface area contributed by atoms with Crippen molar-refractivity contribution < 1.29 is 0 Å². The van der Waals surface area contributed by atoms with Crippen molar-refractivity contribution >= 4 is 5.69 Å². The van der Waals surface area contributed by atoms with E-state index >= 15 is 0 Å². The molecule has 1 heterocycles. The Labute approximate surface area is 112 Å². The van der Waals surface area contributed by atoms with Crippen molar-refractivity contribution in [3.05, 3.63) is 48.7 Å². The van der Waals surface area contributed by atoms with Crippen LogP contribution in [-0.2, 0) is 0 Å². The minimum Gasteiger partial charge on any atom is -0.382 e. The highest BCUT2D eigenvalue weighted by atomic mass is 15.1. The van der Waals surface area contributed by atoms with Gasteiger partial charge in [0.2, 0.25) is 0 Å². The van der Waals surface area contributed by atoms with E-state index in [9.17, 15) is 0 Å². The Balaban J connectivity index is 1.53. The zero-order chi connectivity index (χ0) is 12.7. The molecular formula is C16H17N3. The first-order chi connectivity index (χ1) is 9.40. The summed E-state index contributed by atoms with van der Waals surface area (Å²) in [6.45, 7) is 0. The maximum Gasteiger partial charge on any atom is 0.0650 e. The van der Waals surface area contributed by atoms with E-state index in [1.807, 2.05) is 6.07 Å². The molecule has 3 unspecified atom stereocenters. The van der Waals surface area contributed by atoms with Crippen LogP contribution in [0.1, 0.15) is 12.8 Å². The predicted molar refractivity (Wildman–Crippen MR) is 76.8 cm³/mol. The van der Waals surface area contributed by atoms with E-state index in [4.69, 9.17) is 0 Å². The van der Waals surface area contributed by atoms with Crippen LogP contribution < -0.4 is 5.32 Å². The number of nitrogens with zero attached hydrogens (tertiary/aromatic N) is 1. The number of benzene rings is 1. The van der Waals surface area contributed by atoms with Crippen LogP contribution in [0.25, 0.3) is 11.3 Å². The summed E-state index contributed by atoms with van der Waals surface area (Å²) in [7, 11) is 0. The van der Waals surface area contributed by atoms with E-state index in [0.717, 1.165) is 17.5 Å². The van der Waals surface area contributed by atoms with Crippen molar-refractivity contribution in [3.8, 4) is 11.3 Å². The topological polar surface area (TPSA) is 40.7 Å². The highest BCUT2D eigenvalue weighted by molar-refractivity contribution is 5.65. The van der Waals surface area contributed by atoms with Crippen molar-refractivity contribution in [2.45, 2.75) is 18.9 Å². The Bertz CT molecular complexity index is 600. The van der Waals surface area contributed by atoms with Gasteiger partial charge in [-0.15, -0.1) is 0 Å². The van der Waals surface area contributed by atoms with Crippen LogP contribution in [-0.4, -0.2) is 16.2 Å². The van der Waals surface area contributed by atoms with Gasteiger partial charge in [0.25, 0.3) is 0 Å². The highest BCUT2D eigenvalue weighted by Crippen LogP contribution is 2.44. The largest absolute Gasteiger partial charge is 0.382 e. The number of aromatic amines is 1. The van der Waals surface area contributed by atoms with Gasteiger partial charge in [0, 0.05) is 29.4 Å². The molecule has 2 aliphatic carbocycles. The molecule has 1 aromatic heterocycles. The van der Waals surface area contributed by atoms with Gasteiger partial charge in [-0.3, -0.25) is 5.10 Å². The van der Waals surface area contributed by atoms with Crippen molar-refractivity contribution in [1.82, 2.24) is 10.2 Å². The summed E-state index contributed by atoms with van der Waals surface area (Å²) in [5.74, 6) is 1.64. The third-order valence-electron chi connectivity index (χ3n) is 4.39. The molecular weight excluding hydrogens is 234 g/mol.